The Morgan fingerprint density at radius 2 is 1.84 bits per heavy atom. The van der Waals surface area contributed by atoms with Crippen LogP contribution in [0.15, 0.2) is 63.8 Å². The van der Waals surface area contributed by atoms with E-state index < -0.39 is 0 Å². The summed E-state index contributed by atoms with van der Waals surface area (Å²) in [4.78, 5) is 3.58. The zero-order chi connectivity index (χ0) is 21.5. The van der Waals surface area contributed by atoms with Crippen LogP contribution in [-0.2, 0) is 6.54 Å². The molecule has 2 aliphatic heterocycles. The maximum absolute atomic E-state index is 6.46. The summed E-state index contributed by atoms with van der Waals surface area (Å²) in [5.41, 5.74) is 3.39. The summed E-state index contributed by atoms with van der Waals surface area (Å²) in [7, 11) is 0. The molecule has 3 aromatic rings. The Morgan fingerprint density at radius 3 is 2.75 bits per heavy atom. The summed E-state index contributed by atoms with van der Waals surface area (Å²) in [5.74, 6) is 1.37. The zero-order valence-corrected chi connectivity index (χ0v) is 18.5. The normalized spacial score (nSPS) is 22.3. The maximum atomic E-state index is 6.46. The Labute approximate surface area is 191 Å². The molecule has 3 heterocycles. The first-order valence-corrected chi connectivity index (χ1v) is 11.7. The van der Waals surface area contributed by atoms with E-state index in [1.165, 1.54) is 16.3 Å². The monoisotopic (exact) mass is 444 g/mol. The van der Waals surface area contributed by atoms with E-state index in [0.29, 0.717) is 12.5 Å². The number of rotatable bonds is 3. The van der Waals surface area contributed by atoms with Gasteiger partial charge in [0, 0.05) is 28.4 Å². The number of halogens is 1. The van der Waals surface area contributed by atoms with E-state index in [9.17, 15) is 0 Å². The molecular formula is C26H25ClN4O. The third kappa shape index (κ3) is 3.51. The molecular weight excluding hydrogens is 420 g/mol. The van der Waals surface area contributed by atoms with Gasteiger partial charge in [0.1, 0.15) is 5.75 Å². The second-order valence-electron chi connectivity index (χ2n) is 8.74. The molecule has 0 atom stereocenters. The van der Waals surface area contributed by atoms with Gasteiger partial charge in [-0.1, -0.05) is 48.0 Å². The molecule has 0 saturated heterocycles. The van der Waals surface area contributed by atoms with Crippen molar-refractivity contribution >= 4 is 39.8 Å². The van der Waals surface area contributed by atoms with Crippen LogP contribution in [0.25, 0.3) is 22.5 Å². The van der Waals surface area contributed by atoms with Crippen molar-refractivity contribution in [1.82, 2.24) is 4.98 Å². The average Bonchev–Trinajstić information content (AvgIpc) is 3.06. The minimum absolute atomic E-state index is 0.233. The van der Waals surface area contributed by atoms with Gasteiger partial charge in [-0.25, -0.2) is 0 Å². The van der Waals surface area contributed by atoms with Crippen LogP contribution in [0.2, 0.25) is 0 Å². The van der Waals surface area contributed by atoms with Crippen LogP contribution in [0.5, 0.6) is 5.75 Å². The predicted molar refractivity (Wildman–Crippen MR) is 129 cm³/mol. The van der Waals surface area contributed by atoms with Gasteiger partial charge in [-0.05, 0) is 49.3 Å². The summed E-state index contributed by atoms with van der Waals surface area (Å²) in [6, 6.07) is 14.7. The summed E-state index contributed by atoms with van der Waals surface area (Å²) >= 11 is 6.29. The van der Waals surface area contributed by atoms with E-state index in [0.717, 1.165) is 65.1 Å². The highest BCUT2D eigenvalue weighted by atomic mass is 35.5. The lowest BCUT2D eigenvalue weighted by Crippen LogP contribution is -2.28. The van der Waals surface area contributed by atoms with E-state index in [1.807, 2.05) is 12.2 Å². The largest absolute Gasteiger partial charge is 0.490 e. The summed E-state index contributed by atoms with van der Waals surface area (Å²) in [6.45, 7) is 1.32. The zero-order valence-electron chi connectivity index (χ0n) is 17.8. The topological polar surface area (TPSA) is 61.8 Å². The highest BCUT2D eigenvalue weighted by Gasteiger charge is 2.28. The van der Waals surface area contributed by atoms with Crippen LogP contribution in [0.4, 0.5) is 5.69 Å². The third-order valence-electron chi connectivity index (χ3n) is 6.76. The fourth-order valence-electron chi connectivity index (χ4n) is 5.14. The van der Waals surface area contributed by atoms with Gasteiger partial charge in [0.05, 0.1) is 34.7 Å². The first kappa shape index (κ1) is 19.6. The number of nitrogens with one attached hydrogen (secondary N) is 2. The number of azo groups is 1. The van der Waals surface area contributed by atoms with Gasteiger partial charge in [0.15, 0.2) is 0 Å². The first-order chi connectivity index (χ1) is 15.8. The van der Waals surface area contributed by atoms with Crippen molar-refractivity contribution in [3.8, 4) is 5.75 Å². The van der Waals surface area contributed by atoms with Gasteiger partial charge >= 0.3 is 0 Å². The Hall–Kier alpha value is -3.05. The molecule has 1 aliphatic carbocycles. The van der Waals surface area contributed by atoms with Crippen molar-refractivity contribution in [2.75, 3.05) is 11.9 Å². The number of benzene rings is 2. The average molecular weight is 445 g/mol. The number of allylic oxidation sites excluding steroid dienone is 1. The third-order valence-corrected chi connectivity index (χ3v) is 7.02. The number of nitrogens with zero attached hydrogens (tertiary/aromatic N) is 2. The Morgan fingerprint density at radius 1 is 1.00 bits per heavy atom. The number of hydrogen-bond acceptors (Lipinski definition) is 4. The fourth-order valence-corrected chi connectivity index (χ4v) is 5.33. The van der Waals surface area contributed by atoms with Gasteiger partial charge in [-0.2, -0.15) is 10.2 Å². The summed E-state index contributed by atoms with van der Waals surface area (Å²) in [5, 5.41) is 17.8. The van der Waals surface area contributed by atoms with Crippen molar-refractivity contribution in [2.45, 2.75) is 38.3 Å². The quantitative estimate of drug-likeness (QED) is 0.582. The minimum atomic E-state index is 0.233. The number of aromatic nitrogens is 1. The number of fused-ring (bicyclic) bond motifs is 4. The van der Waals surface area contributed by atoms with Gasteiger partial charge in [-0.15, -0.1) is 0 Å². The number of ether oxygens (including phenoxy) is 1. The molecule has 5 nitrogen and oxygen atoms in total. The Bertz CT molecular complexity index is 1360. The molecule has 2 N–H and O–H groups in total. The van der Waals surface area contributed by atoms with Crippen molar-refractivity contribution in [1.29, 1.82) is 0 Å². The molecule has 2 aromatic carbocycles. The van der Waals surface area contributed by atoms with Gasteiger partial charge in [0.2, 0.25) is 0 Å². The molecule has 32 heavy (non-hydrogen) atoms. The van der Waals surface area contributed by atoms with Crippen LogP contribution in [0.1, 0.15) is 31.2 Å². The Kier molecular flexibility index (Phi) is 4.99. The van der Waals surface area contributed by atoms with Crippen molar-refractivity contribution in [3.63, 3.8) is 0 Å². The molecule has 0 radical (unpaired) electrons. The van der Waals surface area contributed by atoms with Crippen LogP contribution in [0.3, 0.4) is 0 Å². The van der Waals surface area contributed by atoms with E-state index in [1.54, 1.807) is 0 Å². The van der Waals surface area contributed by atoms with Crippen molar-refractivity contribution < 1.29 is 4.74 Å². The molecule has 1 fully saturated rings. The summed E-state index contributed by atoms with van der Waals surface area (Å²) in [6.07, 6.45) is 8.32. The van der Waals surface area contributed by atoms with E-state index in [4.69, 9.17) is 16.3 Å². The SMILES string of the molecule is ClC1=CCNc2c3c([nH]c2=C1)=C([C@H]1CC[C@H](Oc2cccc4ccccc24)CC1)N=NC3. The van der Waals surface area contributed by atoms with Crippen LogP contribution >= 0.6 is 11.6 Å². The second-order valence-corrected chi connectivity index (χ2v) is 9.17. The Balaban J connectivity index is 1.24. The van der Waals surface area contributed by atoms with Crippen LogP contribution in [0, 0.1) is 5.92 Å². The molecule has 1 saturated carbocycles. The lowest BCUT2D eigenvalue weighted by Gasteiger charge is -2.29. The van der Waals surface area contributed by atoms with Crippen LogP contribution in [-0.4, -0.2) is 17.6 Å². The van der Waals surface area contributed by atoms with Gasteiger partial charge in [0.25, 0.3) is 0 Å². The van der Waals surface area contributed by atoms with Crippen molar-refractivity contribution in [2.24, 2.45) is 16.1 Å². The van der Waals surface area contributed by atoms with Crippen LogP contribution < -0.4 is 20.8 Å². The van der Waals surface area contributed by atoms with Gasteiger partial charge in [-0.3, -0.25) is 0 Å². The highest BCUT2D eigenvalue weighted by Crippen LogP contribution is 2.35. The molecule has 0 amide bonds. The lowest BCUT2D eigenvalue weighted by molar-refractivity contribution is 0.144. The molecule has 0 unspecified atom stereocenters. The minimum Gasteiger partial charge on any atom is -0.490 e. The molecule has 6 rings (SSSR count). The fraction of sp³-hybridized carbons (Fsp3) is 0.308. The first-order valence-electron chi connectivity index (χ1n) is 11.3. The molecule has 3 aliphatic rings. The predicted octanol–water partition coefficient (Wildman–Crippen LogP) is 5.21. The number of hydrogen-bond donors (Lipinski definition) is 2. The molecule has 1 aromatic heterocycles. The van der Waals surface area contributed by atoms with Gasteiger partial charge < -0.3 is 15.0 Å². The number of H-pyrrole nitrogens is 1. The molecule has 0 spiro atoms. The smallest absolute Gasteiger partial charge is 0.127 e. The summed E-state index contributed by atoms with van der Waals surface area (Å²) < 4.78 is 6.46. The van der Waals surface area contributed by atoms with E-state index in [-0.39, 0.29) is 6.10 Å². The van der Waals surface area contributed by atoms with E-state index >= 15 is 0 Å². The molecule has 0 bridgehead atoms. The molecule has 6 heteroatoms. The molecule has 162 valence electrons. The highest BCUT2D eigenvalue weighted by molar-refractivity contribution is 6.34. The lowest BCUT2D eigenvalue weighted by atomic mass is 9.84. The maximum Gasteiger partial charge on any atom is 0.127 e. The standard InChI is InChI=1S/C26H25ClN4O/c27-18-12-13-28-25-21-15-29-31-24(26(21)30-22(25)14-18)17-8-10-19(11-9-17)32-23-7-3-5-16-4-1-2-6-20(16)23/h1-7,12,14,17,19,28,30H,8-11,13,15H2/t17-,19-. The second kappa shape index (κ2) is 8.14. The van der Waals surface area contributed by atoms with Crippen molar-refractivity contribution in [3.05, 3.63) is 69.8 Å². The number of anilines is 1. The number of aromatic amines is 1. The van der Waals surface area contributed by atoms with E-state index in [2.05, 4.69) is 63.0 Å².